The van der Waals surface area contributed by atoms with Gasteiger partial charge in [-0.1, -0.05) is 119 Å². The molecule has 0 amide bonds. The zero-order chi connectivity index (χ0) is 32.1. The maximum Gasteiger partial charge on any atom is 0.394 e. The van der Waals surface area contributed by atoms with Crippen LogP contribution in [0.15, 0.2) is 82.9 Å². The second-order valence-electron chi connectivity index (χ2n) is 10.3. The topological polar surface area (TPSA) is 127 Å². The molecule has 0 saturated heterocycles. The van der Waals surface area contributed by atoms with Gasteiger partial charge >= 0.3 is 10.4 Å². The minimum atomic E-state index is -4.67. The van der Waals surface area contributed by atoms with Crippen LogP contribution in [0.2, 0.25) is 0 Å². The Kier molecular flexibility index (Phi) is 13.9. The van der Waals surface area contributed by atoms with Crippen LogP contribution in [0.25, 0.3) is 0 Å². The normalized spacial score (nSPS) is 29.7. The number of benzene rings is 2. The summed E-state index contributed by atoms with van der Waals surface area (Å²) in [6.07, 6.45) is 5.64. The monoisotopic (exact) mass is 738 g/mol. The van der Waals surface area contributed by atoms with E-state index in [-0.39, 0.29) is 39.4 Å². The van der Waals surface area contributed by atoms with E-state index in [4.69, 9.17) is 110 Å². The van der Waals surface area contributed by atoms with Gasteiger partial charge in [-0.15, -0.1) is 34.8 Å². The van der Waals surface area contributed by atoms with Gasteiger partial charge in [-0.05, 0) is 37.8 Å². The van der Waals surface area contributed by atoms with E-state index in [0.29, 0.717) is 0 Å². The SMILES string of the molecule is C[C@H](N)Cc1ccccc1.C[C@H](N)Cc1ccccc1.ClC1=C(Cl)C2(Cl)C3C(Cl)C=CC3C1(Cl)C2(Cl)Cl.O=S(=O)(O)O. The van der Waals surface area contributed by atoms with E-state index in [2.05, 4.69) is 24.3 Å². The lowest BCUT2D eigenvalue weighted by atomic mass is 9.84. The van der Waals surface area contributed by atoms with Crippen LogP contribution < -0.4 is 11.5 Å². The van der Waals surface area contributed by atoms with Crippen molar-refractivity contribution in [2.45, 2.75) is 58.2 Å². The highest BCUT2D eigenvalue weighted by Crippen LogP contribution is 2.78. The molecule has 0 aliphatic heterocycles. The summed E-state index contributed by atoms with van der Waals surface area (Å²) in [5.74, 6) is -0.470. The second-order valence-corrected chi connectivity index (χ2v) is 15.0. The zero-order valence-corrected chi connectivity index (χ0v) is 28.8. The number of hydrogen-bond donors (Lipinski definition) is 4. The maximum atomic E-state index is 8.74. The Morgan fingerprint density at radius 3 is 1.48 bits per heavy atom. The lowest BCUT2D eigenvalue weighted by Gasteiger charge is -2.34. The predicted molar refractivity (Wildman–Crippen MR) is 178 cm³/mol. The smallest absolute Gasteiger partial charge is 0.328 e. The van der Waals surface area contributed by atoms with Gasteiger partial charge in [0.25, 0.3) is 0 Å². The Hall–Kier alpha value is -0.260. The van der Waals surface area contributed by atoms with E-state index in [1.807, 2.05) is 62.4 Å². The summed E-state index contributed by atoms with van der Waals surface area (Å²) >= 11 is 44.5. The summed E-state index contributed by atoms with van der Waals surface area (Å²) in [4.78, 5) is -2.45. The third kappa shape index (κ3) is 8.71. The highest BCUT2D eigenvalue weighted by atomic mass is 35.5. The molecule has 42 heavy (non-hydrogen) atoms. The molecule has 3 aliphatic rings. The molecule has 0 spiro atoms. The Morgan fingerprint density at radius 1 is 0.762 bits per heavy atom. The van der Waals surface area contributed by atoms with Crippen LogP contribution in [-0.4, -0.2) is 49.1 Å². The van der Waals surface area contributed by atoms with Crippen molar-refractivity contribution in [3.63, 3.8) is 0 Å². The summed E-state index contributed by atoms with van der Waals surface area (Å²) in [5.41, 5.74) is 13.9. The van der Waals surface area contributed by atoms with Crippen molar-refractivity contribution in [3.05, 3.63) is 94.0 Å². The molecule has 2 bridgehead atoms. The number of alkyl halides is 5. The average molecular weight is 742 g/mol. The van der Waals surface area contributed by atoms with Crippen LogP contribution in [-0.2, 0) is 23.2 Å². The molecule has 6 N–H and O–H groups in total. The highest BCUT2D eigenvalue weighted by Gasteiger charge is 2.83. The number of allylic oxidation sites excluding steroid dienone is 4. The van der Waals surface area contributed by atoms with E-state index in [1.54, 1.807) is 0 Å². The molecule has 6 nitrogen and oxygen atoms in total. The molecule has 5 unspecified atom stereocenters. The highest BCUT2D eigenvalue weighted by molar-refractivity contribution is 7.79. The van der Waals surface area contributed by atoms with Crippen molar-refractivity contribution < 1.29 is 17.5 Å². The third-order valence-corrected chi connectivity index (χ3v) is 11.4. The largest absolute Gasteiger partial charge is 0.394 e. The Morgan fingerprint density at radius 2 is 1.12 bits per heavy atom. The first-order valence-electron chi connectivity index (χ1n) is 12.7. The first-order valence-corrected chi connectivity index (χ1v) is 16.8. The minimum absolute atomic E-state index is 0.205. The molecule has 1 saturated carbocycles. The van der Waals surface area contributed by atoms with E-state index >= 15 is 0 Å². The van der Waals surface area contributed by atoms with Gasteiger partial charge < -0.3 is 11.5 Å². The summed E-state index contributed by atoms with van der Waals surface area (Å²) in [6, 6.07) is 21.1. The lowest BCUT2D eigenvalue weighted by molar-refractivity contribution is 0.381. The molecule has 234 valence electrons. The first-order chi connectivity index (χ1) is 19.3. The van der Waals surface area contributed by atoms with Crippen LogP contribution in [0.4, 0.5) is 0 Å². The predicted octanol–water partition coefficient (Wildman–Crippen LogP) is 7.74. The fourth-order valence-corrected chi connectivity index (χ4v) is 8.57. The van der Waals surface area contributed by atoms with Gasteiger partial charge in [-0.2, -0.15) is 8.42 Å². The number of hydrogen-bond acceptors (Lipinski definition) is 4. The standard InChI is InChI=1S/C10H5Cl7.2C9H13N.H2O4S/c11-4-2-1-3-5(4)9(15)7(13)6(12)8(3,14)10(9,16)17;2*1-8(10)7-9-5-3-2-4-6-9;1-5(2,3)4/h1-5H;2*2-6,8H,7,10H2,1H3;(H2,1,2,3,4)/t;2*8-;/m.00./s1. The lowest BCUT2D eigenvalue weighted by Crippen LogP contribution is -2.45. The van der Waals surface area contributed by atoms with Crippen molar-refractivity contribution in [2.24, 2.45) is 23.3 Å². The average Bonchev–Trinajstić information content (AvgIpc) is 3.37. The van der Waals surface area contributed by atoms with Crippen LogP contribution >= 0.6 is 81.2 Å². The summed E-state index contributed by atoms with van der Waals surface area (Å²) in [5, 5.41) is 0.113. The molecule has 3 aliphatic carbocycles. The molecule has 0 heterocycles. The zero-order valence-electron chi connectivity index (χ0n) is 22.6. The molecular formula is C28H33Cl7N2O4S. The molecular weight excluding hydrogens is 709 g/mol. The van der Waals surface area contributed by atoms with E-state index in [9.17, 15) is 0 Å². The maximum absolute atomic E-state index is 8.74. The number of halogens is 7. The van der Waals surface area contributed by atoms with Gasteiger partial charge in [0.2, 0.25) is 0 Å². The van der Waals surface area contributed by atoms with E-state index < -0.39 is 24.5 Å². The molecule has 7 atom stereocenters. The van der Waals surface area contributed by atoms with Gasteiger partial charge in [0, 0.05) is 23.9 Å². The van der Waals surface area contributed by atoms with Crippen LogP contribution in [0.1, 0.15) is 25.0 Å². The Balaban J connectivity index is 0.000000214. The van der Waals surface area contributed by atoms with Crippen LogP contribution in [0.5, 0.6) is 0 Å². The molecule has 5 rings (SSSR count). The summed E-state index contributed by atoms with van der Waals surface area (Å²) < 4.78 is 30.1. The van der Waals surface area contributed by atoms with Gasteiger partial charge in [-0.3, -0.25) is 9.11 Å². The molecule has 1 fully saturated rings. The fourth-order valence-electron chi connectivity index (χ4n) is 5.05. The van der Waals surface area contributed by atoms with Crippen LogP contribution in [0, 0.1) is 11.8 Å². The minimum Gasteiger partial charge on any atom is -0.328 e. The Bertz CT molecular complexity index is 1290. The molecule has 2 aromatic rings. The fraction of sp³-hybridized carbons (Fsp3) is 0.429. The van der Waals surface area contributed by atoms with Gasteiger partial charge in [0.1, 0.15) is 9.75 Å². The first kappa shape index (κ1) is 37.9. The van der Waals surface area contributed by atoms with Crippen molar-refractivity contribution >= 4 is 91.6 Å². The number of rotatable bonds is 4. The molecule has 14 heteroatoms. The van der Waals surface area contributed by atoms with E-state index in [1.165, 1.54) is 11.1 Å². The van der Waals surface area contributed by atoms with Crippen LogP contribution in [0.3, 0.4) is 0 Å². The number of nitrogens with two attached hydrogens (primary N) is 2. The van der Waals surface area contributed by atoms with Crippen molar-refractivity contribution in [2.75, 3.05) is 0 Å². The summed E-state index contributed by atoms with van der Waals surface area (Å²) in [7, 11) is -4.67. The Labute approximate surface area is 282 Å². The molecule has 0 radical (unpaired) electrons. The second kappa shape index (κ2) is 15.4. The van der Waals surface area contributed by atoms with Crippen molar-refractivity contribution in [1.29, 1.82) is 0 Å². The number of fused-ring (bicyclic) bond motifs is 5. The van der Waals surface area contributed by atoms with Crippen molar-refractivity contribution in [1.82, 2.24) is 0 Å². The molecule has 2 aromatic carbocycles. The van der Waals surface area contributed by atoms with E-state index in [0.717, 1.165) is 12.8 Å². The van der Waals surface area contributed by atoms with Gasteiger partial charge in [0.15, 0.2) is 4.33 Å². The van der Waals surface area contributed by atoms with Gasteiger partial charge in [-0.25, -0.2) is 0 Å². The van der Waals surface area contributed by atoms with Crippen molar-refractivity contribution in [3.8, 4) is 0 Å². The van der Waals surface area contributed by atoms with Gasteiger partial charge in [0.05, 0.1) is 15.4 Å². The summed E-state index contributed by atoms with van der Waals surface area (Å²) in [6.45, 7) is 4.04. The third-order valence-electron chi connectivity index (χ3n) is 6.70. The quantitative estimate of drug-likeness (QED) is 0.144. The molecule has 0 aromatic heterocycles.